The van der Waals surface area contributed by atoms with E-state index in [0.717, 1.165) is 17.1 Å². The Morgan fingerprint density at radius 2 is 2.12 bits per heavy atom. The lowest BCUT2D eigenvalue weighted by molar-refractivity contribution is -0.123. The molecule has 2 atom stereocenters. The number of thiazole rings is 1. The summed E-state index contributed by atoms with van der Waals surface area (Å²) >= 11 is 3.45. The molecule has 2 aromatic heterocycles. The molecule has 25 heavy (non-hydrogen) atoms. The molecule has 1 amide bonds. The Balaban J connectivity index is 1.51. The second-order valence-corrected chi connectivity index (χ2v) is 9.86. The molecule has 1 N–H and O–H groups in total. The zero-order valence-electron chi connectivity index (χ0n) is 15.6. The first-order valence-electron chi connectivity index (χ1n) is 8.73. The molecule has 1 fully saturated rings. The first kappa shape index (κ1) is 18.3. The molecule has 0 saturated heterocycles. The maximum Gasteiger partial charge on any atom is 0.224 e. The van der Waals surface area contributed by atoms with Gasteiger partial charge >= 0.3 is 0 Å². The number of allylic oxidation sites excluding steroid dienone is 2. The third-order valence-electron chi connectivity index (χ3n) is 4.91. The first-order chi connectivity index (χ1) is 11.8. The molecule has 0 aliphatic heterocycles. The number of carbonyl (C=O) groups is 1. The minimum Gasteiger partial charge on any atom is -0.355 e. The highest BCUT2D eigenvalue weighted by Crippen LogP contribution is 2.59. The molecule has 2 unspecified atom stereocenters. The third kappa shape index (κ3) is 4.04. The molecule has 5 heteroatoms. The van der Waals surface area contributed by atoms with Gasteiger partial charge in [-0.25, -0.2) is 4.98 Å². The summed E-state index contributed by atoms with van der Waals surface area (Å²) in [5.74, 6) is 0.678. The average Bonchev–Trinajstić information content (AvgIpc) is 2.95. The summed E-state index contributed by atoms with van der Waals surface area (Å²) in [6, 6.07) is 4.28. The van der Waals surface area contributed by atoms with Crippen LogP contribution in [0.3, 0.4) is 0 Å². The summed E-state index contributed by atoms with van der Waals surface area (Å²) < 4.78 is 0. The van der Waals surface area contributed by atoms with Gasteiger partial charge in [-0.2, -0.15) is 0 Å². The Kier molecular flexibility index (Phi) is 5.16. The van der Waals surface area contributed by atoms with E-state index in [0.29, 0.717) is 12.5 Å². The van der Waals surface area contributed by atoms with Gasteiger partial charge in [-0.1, -0.05) is 25.5 Å². The van der Waals surface area contributed by atoms with Crippen LogP contribution in [0.15, 0.2) is 29.2 Å². The summed E-state index contributed by atoms with van der Waals surface area (Å²) in [5.41, 5.74) is 2.43. The van der Waals surface area contributed by atoms with E-state index < -0.39 is 0 Å². The van der Waals surface area contributed by atoms with E-state index in [2.05, 4.69) is 61.6 Å². The van der Waals surface area contributed by atoms with Gasteiger partial charge in [0.1, 0.15) is 0 Å². The van der Waals surface area contributed by atoms with Gasteiger partial charge in [0.25, 0.3) is 0 Å². The van der Waals surface area contributed by atoms with Gasteiger partial charge in [-0.05, 0) is 50.7 Å². The third-order valence-corrected chi connectivity index (χ3v) is 6.85. The zero-order chi connectivity index (χ0) is 18.2. The van der Waals surface area contributed by atoms with E-state index >= 15 is 0 Å². The number of nitrogens with zero attached hydrogens (tertiary/aromatic N) is 1. The van der Waals surface area contributed by atoms with Gasteiger partial charge in [0.05, 0.1) is 21.5 Å². The number of carbonyl (C=O) groups excluding carboxylic acids is 1. The molecule has 134 valence electrons. The fourth-order valence-electron chi connectivity index (χ4n) is 3.39. The molecule has 1 saturated carbocycles. The number of aryl methyl sites for hydroxylation is 1. The standard InChI is InChI=1S/C20H26N2OS2/c1-12(2)10-15-18(20(15,4)5)19(23)21-9-8-14-6-7-17(25-14)16-11-24-13(3)22-16/h6-7,10-11,15,18H,8-9H2,1-5H3,(H,21,23). The molecule has 0 bridgehead atoms. The molecule has 2 heterocycles. The Labute approximate surface area is 158 Å². The predicted molar refractivity (Wildman–Crippen MR) is 107 cm³/mol. The van der Waals surface area contributed by atoms with Crippen molar-refractivity contribution in [2.75, 3.05) is 6.54 Å². The Bertz CT molecular complexity index is 796. The van der Waals surface area contributed by atoms with Gasteiger partial charge in [0.15, 0.2) is 0 Å². The fraction of sp³-hybridized carbons (Fsp3) is 0.500. The molecule has 1 aliphatic carbocycles. The summed E-state index contributed by atoms with van der Waals surface area (Å²) in [4.78, 5) is 19.5. The number of thiophene rings is 1. The van der Waals surface area contributed by atoms with E-state index in [4.69, 9.17) is 0 Å². The smallest absolute Gasteiger partial charge is 0.224 e. The second kappa shape index (κ2) is 7.04. The molecule has 3 nitrogen and oxygen atoms in total. The Morgan fingerprint density at radius 3 is 2.76 bits per heavy atom. The minimum atomic E-state index is 0.0833. The van der Waals surface area contributed by atoms with Crippen molar-refractivity contribution in [3.63, 3.8) is 0 Å². The maximum absolute atomic E-state index is 12.5. The van der Waals surface area contributed by atoms with Crippen molar-refractivity contribution in [1.29, 1.82) is 0 Å². The largest absolute Gasteiger partial charge is 0.355 e. The van der Waals surface area contributed by atoms with Gasteiger partial charge in [-0.15, -0.1) is 22.7 Å². The number of hydrogen-bond donors (Lipinski definition) is 1. The van der Waals surface area contributed by atoms with Crippen LogP contribution in [0.1, 0.15) is 37.6 Å². The van der Waals surface area contributed by atoms with E-state index in [9.17, 15) is 4.79 Å². The van der Waals surface area contributed by atoms with Crippen molar-refractivity contribution in [2.24, 2.45) is 17.3 Å². The van der Waals surface area contributed by atoms with Crippen LogP contribution in [0.4, 0.5) is 0 Å². The van der Waals surface area contributed by atoms with Crippen molar-refractivity contribution in [1.82, 2.24) is 10.3 Å². The quantitative estimate of drug-likeness (QED) is 0.717. The van der Waals surface area contributed by atoms with E-state index in [-0.39, 0.29) is 17.2 Å². The van der Waals surface area contributed by atoms with Gasteiger partial charge in [-0.3, -0.25) is 4.79 Å². The predicted octanol–water partition coefficient (Wildman–Crippen LogP) is 5.08. The number of amides is 1. The normalized spacial score (nSPS) is 21.0. The van der Waals surface area contributed by atoms with Crippen LogP contribution >= 0.6 is 22.7 Å². The lowest BCUT2D eigenvalue weighted by Crippen LogP contribution is -2.28. The van der Waals surface area contributed by atoms with Gasteiger partial charge < -0.3 is 5.32 Å². The molecular formula is C20H26N2OS2. The topological polar surface area (TPSA) is 42.0 Å². The number of nitrogens with one attached hydrogen (secondary N) is 1. The second-order valence-electron chi connectivity index (χ2n) is 7.63. The number of rotatable bonds is 6. The summed E-state index contributed by atoms with van der Waals surface area (Å²) in [5, 5.41) is 6.33. The Hall–Kier alpha value is -1.46. The van der Waals surface area contributed by atoms with Crippen LogP contribution in [0.5, 0.6) is 0 Å². The number of hydrogen-bond acceptors (Lipinski definition) is 4. The van der Waals surface area contributed by atoms with Gasteiger partial charge in [0.2, 0.25) is 5.91 Å². The minimum absolute atomic E-state index is 0.0833. The van der Waals surface area contributed by atoms with Crippen LogP contribution in [-0.4, -0.2) is 17.4 Å². The molecule has 2 aromatic rings. The zero-order valence-corrected chi connectivity index (χ0v) is 17.2. The highest BCUT2D eigenvalue weighted by Gasteiger charge is 2.60. The van der Waals surface area contributed by atoms with E-state index in [1.165, 1.54) is 15.3 Å². The molecule has 0 spiro atoms. The Morgan fingerprint density at radius 1 is 1.36 bits per heavy atom. The van der Waals surface area contributed by atoms with Crippen molar-refractivity contribution in [3.05, 3.63) is 39.0 Å². The molecule has 3 rings (SSSR count). The highest BCUT2D eigenvalue weighted by molar-refractivity contribution is 7.16. The lowest BCUT2D eigenvalue weighted by atomic mass is 10.1. The van der Waals surface area contributed by atoms with E-state index in [1.807, 2.05) is 6.92 Å². The monoisotopic (exact) mass is 374 g/mol. The van der Waals surface area contributed by atoms with Crippen LogP contribution in [-0.2, 0) is 11.2 Å². The van der Waals surface area contributed by atoms with Crippen LogP contribution < -0.4 is 5.32 Å². The summed E-state index contributed by atoms with van der Waals surface area (Å²) in [6.07, 6.45) is 3.12. The molecule has 1 aliphatic rings. The average molecular weight is 375 g/mol. The number of aromatic nitrogens is 1. The molecule has 0 radical (unpaired) electrons. The molecule has 0 aromatic carbocycles. The van der Waals surface area contributed by atoms with Crippen molar-refractivity contribution in [2.45, 2.75) is 41.0 Å². The highest BCUT2D eigenvalue weighted by atomic mass is 32.1. The van der Waals surface area contributed by atoms with Crippen molar-refractivity contribution >= 4 is 28.6 Å². The summed E-state index contributed by atoms with van der Waals surface area (Å²) in [6.45, 7) is 11.3. The van der Waals surface area contributed by atoms with Crippen molar-refractivity contribution in [3.8, 4) is 10.6 Å². The SMILES string of the molecule is CC(C)=CC1C(C(=O)NCCc2ccc(-c3csc(C)n3)s2)C1(C)C. The van der Waals surface area contributed by atoms with Crippen LogP contribution in [0.2, 0.25) is 0 Å². The first-order valence-corrected chi connectivity index (χ1v) is 10.4. The maximum atomic E-state index is 12.5. The molecular weight excluding hydrogens is 348 g/mol. The summed E-state index contributed by atoms with van der Waals surface area (Å²) in [7, 11) is 0. The van der Waals surface area contributed by atoms with Crippen LogP contribution in [0, 0.1) is 24.2 Å². The van der Waals surface area contributed by atoms with E-state index in [1.54, 1.807) is 22.7 Å². The lowest BCUT2D eigenvalue weighted by Gasteiger charge is -2.05. The fourth-order valence-corrected chi connectivity index (χ4v) is 5.05. The van der Waals surface area contributed by atoms with Crippen molar-refractivity contribution < 1.29 is 4.79 Å². The van der Waals surface area contributed by atoms with Crippen LogP contribution in [0.25, 0.3) is 10.6 Å². The van der Waals surface area contributed by atoms with Gasteiger partial charge in [0, 0.05) is 16.8 Å².